The van der Waals surface area contributed by atoms with Crippen molar-refractivity contribution in [2.75, 3.05) is 6.54 Å². The molecular formula is C18H17FN2O3. The Morgan fingerprint density at radius 3 is 2.92 bits per heavy atom. The van der Waals surface area contributed by atoms with Crippen LogP contribution in [0.4, 0.5) is 4.39 Å². The molecule has 0 radical (unpaired) electrons. The van der Waals surface area contributed by atoms with Crippen molar-refractivity contribution in [1.82, 2.24) is 9.88 Å². The zero-order chi connectivity index (χ0) is 16.8. The van der Waals surface area contributed by atoms with E-state index in [0.29, 0.717) is 17.4 Å². The van der Waals surface area contributed by atoms with E-state index in [9.17, 15) is 19.1 Å². The molecule has 1 aromatic heterocycles. The molecule has 5 nitrogen and oxygen atoms in total. The molecule has 6 heteroatoms. The zero-order valence-corrected chi connectivity index (χ0v) is 13.0. The van der Waals surface area contributed by atoms with Crippen molar-refractivity contribution < 1.29 is 19.1 Å². The average molecular weight is 328 g/mol. The summed E-state index contributed by atoms with van der Waals surface area (Å²) in [5.41, 5.74) is 0.543. The SMILES string of the molecule is O=C(O)[C@@H]1[C@H]2CCC[C@@H]2CN1C(=O)c1cc(F)cc2cccnc12. The van der Waals surface area contributed by atoms with E-state index in [4.69, 9.17) is 0 Å². The van der Waals surface area contributed by atoms with Crippen molar-refractivity contribution in [3.63, 3.8) is 0 Å². The normalized spacial score (nSPS) is 25.9. The Bertz CT molecular complexity index is 838. The van der Waals surface area contributed by atoms with Gasteiger partial charge in [-0.25, -0.2) is 9.18 Å². The Morgan fingerprint density at radius 2 is 2.12 bits per heavy atom. The number of aromatic nitrogens is 1. The highest BCUT2D eigenvalue weighted by Gasteiger charge is 2.49. The van der Waals surface area contributed by atoms with Gasteiger partial charge in [-0.15, -0.1) is 0 Å². The van der Waals surface area contributed by atoms with Gasteiger partial charge < -0.3 is 10.0 Å². The molecule has 2 heterocycles. The zero-order valence-electron chi connectivity index (χ0n) is 13.0. The van der Waals surface area contributed by atoms with E-state index in [1.54, 1.807) is 18.3 Å². The maximum absolute atomic E-state index is 13.9. The van der Waals surface area contributed by atoms with Crippen LogP contribution in [0, 0.1) is 17.7 Å². The van der Waals surface area contributed by atoms with Crippen LogP contribution in [0.2, 0.25) is 0 Å². The fraction of sp³-hybridized carbons (Fsp3) is 0.389. The van der Waals surface area contributed by atoms with Crippen molar-refractivity contribution in [3.8, 4) is 0 Å². The molecule has 1 aromatic carbocycles. The molecule has 0 spiro atoms. The number of carbonyl (C=O) groups is 2. The lowest BCUT2D eigenvalue weighted by atomic mass is 9.94. The number of pyridine rings is 1. The number of carboxylic acid groups (broad SMARTS) is 1. The summed E-state index contributed by atoms with van der Waals surface area (Å²) in [4.78, 5) is 30.4. The summed E-state index contributed by atoms with van der Waals surface area (Å²) in [6.45, 7) is 0.422. The van der Waals surface area contributed by atoms with E-state index >= 15 is 0 Å². The van der Waals surface area contributed by atoms with Crippen LogP contribution in [0.1, 0.15) is 29.6 Å². The van der Waals surface area contributed by atoms with Crippen LogP contribution < -0.4 is 0 Å². The molecule has 0 bridgehead atoms. The Morgan fingerprint density at radius 1 is 1.29 bits per heavy atom. The predicted octanol–water partition coefficient (Wildman–Crippen LogP) is 2.70. The maximum Gasteiger partial charge on any atom is 0.326 e. The number of halogens is 1. The third-order valence-corrected chi connectivity index (χ3v) is 5.30. The molecule has 1 aliphatic heterocycles. The average Bonchev–Trinajstić information content (AvgIpc) is 3.13. The van der Waals surface area contributed by atoms with Gasteiger partial charge in [0.05, 0.1) is 11.1 Å². The second kappa shape index (κ2) is 5.54. The van der Waals surface area contributed by atoms with Crippen molar-refractivity contribution in [3.05, 3.63) is 41.8 Å². The maximum atomic E-state index is 13.9. The highest BCUT2D eigenvalue weighted by molar-refractivity contribution is 6.06. The Labute approximate surface area is 138 Å². The highest BCUT2D eigenvalue weighted by Crippen LogP contribution is 2.43. The number of carbonyl (C=O) groups excluding carboxylic acids is 1. The number of hydrogen-bond acceptors (Lipinski definition) is 3. The monoisotopic (exact) mass is 328 g/mol. The minimum Gasteiger partial charge on any atom is -0.480 e. The lowest BCUT2D eigenvalue weighted by Gasteiger charge is -2.24. The summed E-state index contributed by atoms with van der Waals surface area (Å²) in [5.74, 6) is -1.72. The molecule has 24 heavy (non-hydrogen) atoms. The summed E-state index contributed by atoms with van der Waals surface area (Å²) in [6.07, 6.45) is 4.32. The highest BCUT2D eigenvalue weighted by atomic mass is 19.1. The lowest BCUT2D eigenvalue weighted by molar-refractivity contribution is -0.142. The van der Waals surface area contributed by atoms with Crippen LogP contribution in [0.3, 0.4) is 0 Å². The number of carboxylic acids is 1. The summed E-state index contributed by atoms with van der Waals surface area (Å²) in [6, 6.07) is 5.02. The molecule has 4 rings (SSSR count). The Kier molecular flexibility index (Phi) is 3.48. The third-order valence-electron chi connectivity index (χ3n) is 5.30. The molecule has 1 aliphatic carbocycles. The molecule has 1 saturated carbocycles. The lowest BCUT2D eigenvalue weighted by Crippen LogP contribution is -2.43. The number of hydrogen-bond donors (Lipinski definition) is 1. The Balaban J connectivity index is 1.77. The van der Waals surface area contributed by atoms with E-state index in [0.717, 1.165) is 25.3 Å². The van der Waals surface area contributed by atoms with Crippen LogP contribution >= 0.6 is 0 Å². The number of fused-ring (bicyclic) bond motifs is 2. The van der Waals surface area contributed by atoms with Gasteiger partial charge in [0, 0.05) is 18.1 Å². The molecule has 3 atom stereocenters. The van der Waals surface area contributed by atoms with Gasteiger partial charge in [-0.2, -0.15) is 0 Å². The van der Waals surface area contributed by atoms with Crippen molar-refractivity contribution in [2.24, 2.45) is 11.8 Å². The summed E-state index contributed by atoms with van der Waals surface area (Å²) < 4.78 is 13.9. The van der Waals surface area contributed by atoms with Crippen LogP contribution in [0.5, 0.6) is 0 Å². The van der Waals surface area contributed by atoms with E-state index < -0.39 is 23.7 Å². The van der Waals surface area contributed by atoms with Crippen LogP contribution in [0.15, 0.2) is 30.5 Å². The molecule has 2 aliphatic rings. The van der Waals surface area contributed by atoms with Gasteiger partial charge in [-0.05, 0) is 42.9 Å². The minimum absolute atomic E-state index is 0.000711. The minimum atomic E-state index is -0.980. The van der Waals surface area contributed by atoms with Gasteiger partial charge in [0.1, 0.15) is 11.9 Å². The van der Waals surface area contributed by atoms with Gasteiger partial charge >= 0.3 is 5.97 Å². The van der Waals surface area contributed by atoms with Gasteiger partial charge in [0.15, 0.2) is 0 Å². The molecule has 2 aromatic rings. The standard InChI is InChI=1S/C18H17FN2O3/c19-12-7-10-4-2-6-20-15(10)14(8-12)17(22)21-9-11-3-1-5-13(11)16(21)18(23)24/h2,4,6-8,11,13,16H,1,3,5,9H2,(H,23,24)/t11-,13+,16+/m1/s1. The number of likely N-dealkylation sites (tertiary alicyclic amines) is 1. The van der Waals surface area contributed by atoms with Gasteiger partial charge in [0.25, 0.3) is 5.91 Å². The second-order valence-corrected chi connectivity index (χ2v) is 6.62. The van der Waals surface area contributed by atoms with E-state index in [2.05, 4.69) is 4.98 Å². The van der Waals surface area contributed by atoms with Crippen LogP contribution in [-0.2, 0) is 4.79 Å². The number of aliphatic carboxylic acids is 1. The first-order valence-electron chi connectivity index (χ1n) is 8.14. The third kappa shape index (κ3) is 2.25. The Hall–Kier alpha value is -2.50. The molecule has 1 N–H and O–H groups in total. The number of amides is 1. The summed E-state index contributed by atoms with van der Waals surface area (Å²) >= 11 is 0. The van der Waals surface area contributed by atoms with Crippen molar-refractivity contribution >= 4 is 22.8 Å². The molecule has 124 valence electrons. The van der Waals surface area contributed by atoms with Crippen molar-refractivity contribution in [1.29, 1.82) is 0 Å². The number of benzene rings is 1. The van der Waals surface area contributed by atoms with Crippen molar-refractivity contribution in [2.45, 2.75) is 25.3 Å². The van der Waals surface area contributed by atoms with Crippen LogP contribution in [-0.4, -0.2) is 39.5 Å². The van der Waals surface area contributed by atoms with Gasteiger partial charge in [-0.1, -0.05) is 12.5 Å². The van der Waals surface area contributed by atoms with Crippen LogP contribution in [0.25, 0.3) is 10.9 Å². The van der Waals surface area contributed by atoms with Gasteiger partial charge in [-0.3, -0.25) is 9.78 Å². The predicted molar refractivity (Wildman–Crippen MR) is 85.0 cm³/mol. The number of rotatable bonds is 2. The first kappa shape index (κ1) is 15.1. The van der Waals surface area contributed by atoms with E-state index in [1.165, 1.54) is 11.0 Å². The first-order chi connectivity index (χ1) is 11.6. The van der Waals surface area contributed by atoms with E-state index in [-0.39, 0.29) is 17.4 Å². The first-order valence-corrected chi connectivity index (χ1v) is 8.14. The molecular weight excluding hydrogens is 311 g/mol. The number of nitrogens with zero attached hydrogens (tertiary/aromatic N) is 2. The molecule has 0 unspecified atom stereocenters. The molecule has 2 fully saturated rings. The summed E-state index contributed by atoms with van der Waals surface area (Å²) in [5, 5.41) is 10.1. The topological polar surface area (TPSA) is 70.5 Å². The van der Waals surface area contributed by atoms with E-state index in [1.807, 2.05) is 0 Å². The second-order valence-electron chi connectivity index (χ2n) is 6.62. The van der Waals surface area contributed by atoms with Gasteiger partial charge in [0.2, 0.25) is 0 Å². The quantitative estimate of drug-likeness (QED) is 0.920. The summed E-state index contributed by atoms with van der Waals surface area (Å²) in [7, 11) is 0. The molecule has 1 amide bonds. The largest absolute Gasteiger partial charge is 0.480 e. The fourth-order valence-corrected chi connectivity index (χ4v) is 4.30. The molecule has 1 saturated heterocycles. The fourth-order valence-electron chi connectivity index (χ4n) is 4.30. The smallest absolute Gasteiger partial charge is 0.326 e.